The summed E-state index contributed by atoms with van der Waals surface area (Å²) in [6.07, 6.45) is 7.88. The summed E-state index contributed by atoms with van der Waals surface area (Å²) in [6, 6.07) is 12.0. The van der Waals surface area contributed by atoms with E-state index in [1.807, 2.05) is 47.4 Å². The topological polar surface area (TPSA) is 71.1 Å². The first-order chi connectivity index (χ1) is 13.8. The van der Waals surface area contributed by atoms with Crippen molar-refractivity contribution in [1.29, 1.82) is 0 Å². The molecule has 0 atom stereocenters. The molecule has 0 saturated heterocycles. The number of pyridine rings is 1. The van der Waals surface area contributed by atoms with Crippen LogP contribution in [0, 0.1) is 0 Å². The molecule has 28 heavy (non-hydrogen) atoms. The molecule has 3 heterocycles. The maximum atomic E-state index is 13.1. The van der Waals surface area contributed by atoms with Crippen LogP contribution >= 0.6 is 0 Å². The molecule has 1 aliphatic carbocycles. The molecule has 1 amide bonds. The first-order valence-corrected chi connectivity index (χ1v) is 9.85. The van der Waals surface area contributed by atoms with Crippen LogP contribution in [0.2, 0.25) is 0 Å². The number of ether oxygens (including phenoxy) is 1. The molecule has 6 nitrogen and oxygen atoms in total. The molecule has 0 unspecified atom stereocenters. The Morgan fingerprint density at radius 2 is 1.96 bits per heavy atom. The third-order valence-electron chi connectivity index (χ3n) is 5.29. The van der Waals surface area contributed by atoms with Gasteiger partial charge in [0.25, 0.3) is 5.91 Å². The molecular weight excluding hydrogens is 352 g/mol. The number of H-pyrrole nitrogens is 1. The Bertz CT molecular complexity index is 1050. The molecule has 2 aromatic heterocycles. The second kappa shape index (κ2) is 7.11. The molecule has 1 saturated carbocycles. The molecule has 1 aromatic carbocycles. The Morgan fingerprint density at radius 1 is 1.07 bits per heavy atom. The van der Waals surface area contributed by atoms with E-state index >= 15 is 0 Å². The maximum absolute atomic E-state index is 13.1. The molecule has 0 spiro atoms. The van der Waals surface area contributed by atoms with Crippen LogP contribution in [-0.4, -0.2) is 45.2 Å². The molecule has 0 radical (unpaired) electrons. The Labute approximate surface area is 163 Å². The molecule has 1 N–H and O–H groups in total. The molecule has 2 bridgehead atoms. The highest BCUT2D eigenvalue weighted by molar-refractivity contribution is 5.96. The van der Waals surface area contributed by atoms with E-state index < -0.39 is 0 Å². The van der Waals surface area contributed by atoms with Crippen LogP contribution in [0.15, 0.2) is 36.4 Å². The average Bonchev–Trinajstić information content (AvgIpc) is 3.48. The van der Waals surface area contributed by atoms with Crippen molar-refractivity contribution in [2.24, 2.45) is 0 Å². The van der Waals surface area contributed by atoms with Crippen molar-refractivity contribution in [3.63, 3.8) is 0 Å². The van der Waals surface area contributed by atoms with E-state index in [0.29, 0.717) is 29.6 Å². The molecule has 5 rings (SSSR count). The SMILES string of the molecule is O=C1c2ccc3[nH]nc(c3n2)C=Cc2ccccc2OCCCCN1C1CC1. The second-order valence-electron chi connectivity index (χ2n) is 7.36. The number of aromatic nitrogens is 3. The lowest BCUT2D eigenvalue weighted by Gasteiger charge is -2.22. The molecule has 6 heteroatoms. The van der Waals surface area contributed by atoms with Crippen LogP contribution in [0.25, 0.3) is 23.2 Å². The van der Waals surface area contributed by atoms with Crippen molar-refractivity contribution in [2.45, 2.75) is 31.7 Å². The summed E-state index contributed by atoms with van der Waals surface area (Å²) in [4.78, 5) is 19.7. The van der Waals surface area contributed by atoms with Crippen molar-refractivity contribution in [1.82, 2.24) is 20.1 Å². The van der Waals surface area contributed by atoms with Crippen molar-refractivity contribution in [3.8, 4) is 5.75 Å². The average molecular weight is 374 g/mol. The van der Waals surface area contributed by atoms with Gasteiger partial charge in [-0.1, -0.05) is 18.2 Å². The first kappa shape index (κ1) is 17.0. The highest BCUT2D eigenvalue weighted by Gasteiger charge is 2.33. The van der Waals surface area contributed by atoms with Crippen LogP contribution in [-0.2, 0) is 0 Å². The number of benzene rings is 1. The minimum absolute atomic E-state index is 0.0135. The standard InChI is InChI=1S/C22H22N4O2/c27-22-19-12-11-18-21(23-19)17(24-25-18)10-7-15-5-1-2-6-20(15)28-14-4-3-13-26(22)16-8-9-16/h1-2,5-7,10-12,16H,3-4,8-9,13-14H2,(H,24,25). The van der Waals surface area contributed by atoms with Gasteiger partial charge in [0, 0.05) is 18.2 Å². The number of rotatable bonds is 1. The maximum Gasteiger partial charge on any atom is 0.272 e. The first-order valence-electron chi connectivity index (χ1n) is 9.85. The number of carbonyl (C=O) groups excluding carboxylic acids is 1. The largest absolute Gasteiger partial charge is 0.493 e. The Morgan fingerprint density at radius 3 is 2.86 bits per heavy atom. The zero-order valence-corrected chi connectivity index (χ0v) is 15.6. The quantitative estimate of drug-likeness (QED) is 0.701. The minimum atomic E-state index is 0.0135. The van der Waals surface area contributed by atoms with Gasteiger partial charge in [-0.3, -0.25) is 9.89 Å². The number of nitrogens with zero attached hydrogens (tertiary/aromatic N) is 3. The predicted octanol–water partition coefficient (Wildman–Crippen LogP) is 3.91. The monoisotopic (exact) mass is 374 g/mol. The van der Waals surface area contributed by atoms with E-state index in [0.717, 1.165) is 49.1 Å². The van der Waals surface area contributed by atoms with Crippen molar-refractivity contribution in [3.05, 3.63) is 53.3 Å². The lowest BCUT2D eigenvalue weighted by molar-refractivity contribution is 0.0732. The summed E-state index contributed by atoms with van der Waals surface area (Å²) >= 11 is 0. The second-order valence-corrected chi connectivity index (χ2v) is 7.36. The number of aromatic amines is 1. The fourth-order valence-corrected chi connectivity index (χ4v) is 3.62. The van der Waals surface area contributed by atoms with Gasteiger partial charge in [-0.05, 0) is 56.0 Å². The van der Waals surface area contributed by atoms with Gasteiger partial charge in [-0.15, -0.1) is 0 Å². The van der Waals surface area contributed by atoms with Gasteiger partial charge in [0.1, 0.15) is 22.7 Å². The van der Waals surface area contributed by atoms with Crippen LogP contribution in [0.1, 0.15) is 47.4 Å². The molecular formula is C22H22N4O2. The highest BCUT2D eigenvalue weighted by Crippen LogP contribution is 2.29. The summed E-state index contributed by atoms with van der Waals surface area (Å²) in [5.74, 6) is 0.872. The van der Waals surface area contributed by atoms with Gasteiger partial charge in [0.2, 0.25) is 0 Å². The predicted molar refractivity (Wildman–Crippen MR) is 108 cm³/mol. The number of hydrogen-bond acceptors (Lipinski definition) is 4. The minimum Gasteiger partial charge on any atom is -0.493 e. The van der Waals surface area contributed by atoms with Gasteiger partial charge < -0.3 is 9.64 Å². The van der Waals surface area contributed by atoms with Gasteiger partial charge in [0.15, 0.2) is 0 Å². The number of fused-ring (bicyclic) bond motifs is 2. The molecule has 3 aromatic rings. The zero-order valence-electron chi connectivity index (χ0n) is 15.6. The summed E-state index contributed by atoms with van der Waals surface area (Å²) < 4.78 is 6.00. The van der Waals surface area contributed by atoms with Gasteiger partial charge in [-0.2, -0.15) is 5.10 Å². The summed E-state index contributed by atoms with van der Waals surface area (Å²) in [6.45, 7) is 1.38. The smallest absolute Gasteiger partial charge is 0.272 e. The van der Waals surface area contributed by atoms with Crippen LogP contribution in [0.4, 0.5) is 0 Å². The number of nitrogens with one attached hydrogen (secondary N) is 1. The van der Waals surface area contributed by atoms with Crippen molar-refractivity contribution in [2.75, 3.05) is 13.2 Å². The Balaban J connectivity index is 1.58. The fourth-order valence-electron chi connectivity index (χ4n) is 3.62. The number of hydrogen-bond donors (Lipinski definition) is 1. The lowest BCUT2D eigenvalue weighted by Crippen LogP contribution is -2.34. The van der Waals surface area contributed by atoms with Gasteiger partial charge in [-0.25, -0.2) is 4.98 Å². The third-order valence-corrected chi connectivity index (χ3v) is 5.29. The van der Waals surface area contributed by atoms with E-state index in [1.54, 1.807) is 6.07 Å². The van der Waals surface area contributed by atoms with Crippen LogP contribution in [0.5, 0.6) is 5.75 Å². The molecule has 2 aliphatic rings. The van der Waals surface area contributed by atoms with E-state index in [1.165, 1.54) is 0 Å². The summed E-state index contributed by atoms with van der Waals surface area (Å²) in [7, 11) is 0. The molecule has 142 valence electrons. The lowest BCUT2D eigenvalue weighted by atomic mass is 10.1. The highest BCUT2D eigenvalue weighted by atomic mass is 16.5. The van der Waals surface area contributed by atoms with E-state index in [-0.39, 0.29) is 5.91 Å². The normalized spacial score (nSPS) is 17.9. The number of para-hydroxylation sites is 1. The van der Waals surface area contributed by atoms with Crippen molar-refractivity contribution < 1.29 is 9.53 Å². The summed E-state index contributed by atoms with van der Waals surface area (Å²) in [5.41, 5.74) is 3.74. The Kier molecular flexibility index (Phi) is 4.31. The van der Waals surface area contributed by atoms with Crippen LogP contribution in [0.3, 0.4) is 0 Å². The molecule has 1 aliphatic heterocycles. The number of amides is 1. The zero-order chi connectivity index (χ0) is 18.9. The van der Waals surface area contributed by atoms with Gasteiger partial charge >= 0.3 is 0 Å². The van der Waals surface area contributed by atoms with E-state index in [2.05, 4.69) is 15.2 Å². The fraction of sp³-hybridized carbons (Fsp3) is 0.318. The third kappa shape index (κ3) is 3.26. The van der Waals surface area contributed by atoms with E-state index in [9.17, 15) is 4.79 Å². The number of carbonyl (C=O) groups is 1. The van der Waals surface area contributed by atoms with Crippen molar-refractivity contribution >= 4 is 29.1 Å². The molecule has 1 fully saturated rings. The van der Waals surface area contributed by atoms with Gasteiger partial charge in [0.05, 0.1) is 12.1 Å². The Hall–Kier alpha value is -3.15. The summed E-state index contributed by atoms with van der Waals surface area (Å²) in [5, 5.41) is 7.37. The van der Waals surface area contributed by atoms with Crippen LogP contribution < -0.4 is 4.74 Å². The van der Waals surface area contributed by atoms with E-state index in [4.69, 9.17) is 4.74 Å².